The molecule has 2 amide bonds. The largest absolute Gasteiger partial charge is 0.369 e. The summed E-state index contributed by atoms with van der Waals surface area (Å²) < 4.78 is 1.50. The molecule has 0 spiro atoms. The number of aliphatic hydroxyl groups excluding tert-OH is 1. The second-order valence-corrected chi connectivity index (χ2v) is 9.42. The highest BCUT2D eigenvalue weighted by molar-refractivity contribution is 6.30. The minimum absolute atomic E-state index is 0.335. The number of benzene rings is 2. The van der Waals surface area contributed by atoms with Gasteiger partial charge >= 0.3 is 6.03 Å². The molecule has 1 aromatic heterocycles. The molecule has 3 aromatic rings. The number of halogens is 1. The lowest BCUT2D eigenvalue weighted by atomic mass is 10.2. The summed E-state index contributed by atoms with van der Waals surface area (Å²) in [6.07, 6.45) is 3.25. The fraction of sp³-hybridized carbons (Fsp3) is 0.259. The zero-order chi connectivity index (χ0) is 27.8. The monoisotopic (exact) mass is 549 g/mol. The number of carbonyl (C=O) groups is 1. The second-order valence-electron chi connectivity index (χ2n) is 8.99. The molecule has 12 heteroatoms. The topological polar surface area (TPSA) is 122 Å². The van der Waals surface area contributed by atoms with E-state index in [9.17, 15) is 9.90 Å². The van der Waals surface area contributed by atoms with Gasteiger partial charge in [0.15, 0.2) is 6.23 Å². The van der Waals surface area contributed by atoms with Crippen molar-refractivity contribution in [2.75, 3.05) is 48.8 Å². The van der Waals surface area contributed by atoms with Crippen LogP contribution in [-0.2, 0) is 0 Å². The summed E-state index contributed by atoms with van der Waals surface area (Å²) >= 11 is 5.95. The van der Waals surface area contributed by atoms with Crippen molar-refractivity contribution in [1.82, 2.24) is 20.0 Å². The predicted octanol–water partition coefficient (Wildman–Crippen LogP) is 3.98. The molecule has 1 aliphatic rings. The first-order valence-corrected chi connectivity index (χ1v) is 12.8. The molecule has 39 heavy (non-hydrogen) atoms. The van der Waals surface area contributed by atoms with Crippen molar-refractivity contribution in [3.8, 4) is 0 Å². The van der Waals surface area contributed by atoms with E-state index in [0.29, 0.717) is 28.1 Å². The Labute approximate surface area is 232 Å². The third kappa shape index (κ3) is 7.90. The number of urea groups is 1. The Balaban J connectivity index is 1.36. The van der Waals surface area contributed by atoms with Crippen LogP contribution in [0.4, 0.5) is 21.9 Å². The lowest BCUT2D eigenvalue weighted by molar-refractivity contribution is 0.147. The van der Waals surface area contributed by atoms with Gasteiger partial charge in [0.1, 0.15) is 5.84 Å². The van der Waals surface area contributed by atoms with E-state index in [1.165, 1.54) is 22.8 Å². The lowest BCUT2D eigenvalue weighted by Crippen LogP contribution is -2.44. The van der Waals surface area contributed by atoms with E-state index in [-0.39, 0.29) is 0 Å². The van der Waals surface area contributed by atoms with Crippen molar-refractivity contribution < 1.29 is 9.90 Å². The number of amides is 2. The molecule has 1 saturated heterocycles. The van der Waals surface area contributed by atoms with Gasteiger partial charge in [-0.05, 0) is 50.4 Å². The number of aromatic nitrogens is 2. The molecule has 2 heterocycles. The van der Waals surface area contributed by atoms with Gasteiger partial charge < -0.3 is 30.9 Å². The molecule has 0 saturated carbocycles. The van der Waals surface area contributed by atoms with Crippen LogP contribution >= 0.6 is 11.6 Å². The highest BCUT2D eigenvalue weighted by Gasteiger charge is 2.15. The van der Waals surface area contributed by atoms with E-state index in [4.69, 9.17) is 11.6 Å². The first kappa shape index (κ1) is 27.8. The van der Waals surface area contributed by atoms with Crippen LogP contribution in [0, 0.1) is 0 Å². The van der Waals surface area contributed by atoms with Crippen LogP contribution < -0.4 is 20.9 Å². The number of piperazine rings is 1. The smallest absolute Gasteiger partial charge is 0.321 e. The summed E-state index contributed by atoms with van der Waals surface area (Å²) in [4.78, 5) is 25.8. The van der Waals surface area contributed by atoms with Crippen LogP contribution in [0.25, 0.3) is 0 Å². The highest BCUT2D eigenvalue weighted by Crippen LogP contribution is 2.20. The van der Waals surface area contributed by atoms with E-state index in [2.05, 4.69) is 66.6 Å². The molecule has 4 rings (SSSR count). The number of aliphatic imine (C=N–C) groups is 2. The summed E-state index contributed by atoms with van der Waals surface area (Å²) in [6, 6.07) is 14.1. The molecule has 204 valence electrons. The van der Waals surface area contributed by atoms with Gasteiger partial charge in [0.25, 0.3) is 0 Å². The van der Waals surface area contributed by atoms with E-state index in [1.807, 2.05) is 12.1 Å². The minimum Gasteiger partial charge on any atom is -0.369 e. The quantitative estimate of drug-likeness (QED) is 0.210. The van der Waals surface area contributed by atoms with Crippen molar-refractivity contribution in [3.05, 3.63) is 84.3 Å². The number of nitrogens with one attached hydrogen (secondary N) is 3. The maximum absolute atomic E-state index is 12.3. The molecular formula is C27H32ClN9O2. The first-order chi connectivity index (χ1) is 18.8. The molecular weight excluding hydrogens is 518 g/mol. The number of anilines is 3. The molecule has 0 unspecified atom stereocenters. The van der Waals surface area contributed by atoms with Crippen LogP contribution in [0.5, 0.6) is 0 Å². The average molecular weight is 550 g/mol. The summed E-state index contributed by atoms with van der Waals surface area (Å²) in [7, 11) is 2.14. The summed E-state index contributed by atoms with van der Waals surface area (Å²) in [5, 5.41) is 23.2. The van der Waals surface area contributed by atoms with Crippen molar-refractivity contribution in [2.45, 2.75) is 13.2 Å². The Hall–Kier alpha value is -4.19. The fourth-order valence-electron chi connectivity index (χ4n) is 3.95. The Morgan fingerprint density at radius 2 is 1.87 bits per heavy atom. The molecule has 4 N–H and O–H groups in total. The van der Waals surface area contributed by atoms with Gasteiger partial charge in [-0.2, -0.15) is 10.1 Å². The first-order valence-electron chi connectivity index (χ1n) is 12.4. The fourth-order valence-corrected chi connectivity index (χ4v) is 4.14. The van der Waals surface area contributed by atoms with Gasteiger partial charge in [0, 0.05) is 54.3 Å². The molecule has 0 bridgehead atoms. The predicted molar refractivity (Wildman–Crippen MR) is 157 cm³/mol. The number of carbonyl (C=O) groups excluding carboxylic acids is 1. The molecule has 0 radical (unpaired) electrons. The molecule has 1 aliphatic heterocycles. The SMILES string of the molecule is C=C/N=C(\N=C(/C)n1cc(NC(=O)N[C@H](O)c2cccc(Cl)c2)cn1)Nc1ccc(N2CCN(C)CC2)cc1. The molecule has 1 atom stereocenters. The van der Waals surface area contributed by atoms with Crippen LogP contribution in [0.2, 0.25) is 5.02 Å². The summed E-state index contributed by atoms with van der Waals surface area (Å²) in [5.41, 5.74) is 2.89. The van der Waals surface area contributed by atoms with E-state index >= 15 is 0 Å². The van der Waals surface area contributed by atoms with E-state index in [1.54, 1.807) is 37.4 Å². The van der Waals surface area contributed by atoms with Gasteiger partial charge in [-0.25, -0.2) is 14.5 Å². The Morgan fingerprint density at radius 1 is 1.13 bits per heavy atom. The van der Waals surface area contributed by atoms with Gasteiger partial charge in [-0.3, -0.25) is 0 Å². The van der Waals surface area contributed by atoms with Crippen LogP contribution in [0.3, 0.4) is 0 Å². The maximum Gasteiger partial charge on any atom is 0.321 e. The number of guanidine groups is 1. The van der Waals surface area contributed by atoms with E-state index < -0.39 is 12.3 Å². The number of likely N-dealkylation sites (N-methyl/N-ethyl adjacent to an activating group) is 1. The Kier molecular flexibility index (Phi) is 9.31. The van der Waals surface area contributed by atoms with Crippen LogP contribution in [0.1, 0.15) is 18.7 Å². The van der Waals surface area contributed by atoms with Gasteiger partial charge in [-0.15, -0.1) is 0 Å². The third-order valence-corrected chi connectivity index (χ3v) is 6.31. The van der Waals surface area contributed by atoms with Crippen molar-refractivity contribution in [3.63, 3.8) is 0 Å². The van der Waals surface area contributed by atoms with Gasteiger partial charge in [0.05, 0.1) is 18.1 Å². The van der Waals surface area contributed by atoms with E-state index in [0.717, 1.165) is 31.9 Å². The normalized spacial score (nSPS) is 15.5. The molecule has 1 fully saturated rings. The van der Waals surface area contributed by atoms with Crippen LogP contribution in [-0.4, -0.2) is 70.8 Å². The zero-order valence-corrected chi connectivity index (χ0v) is 22.6. The number of nitrogens with zero attached hydrogens (tertiary/aromatic N) is 6. The highest BCUT2D eigenvalue weighted by atomic mass is 35.5. The maximum atomic E-state index is 12.3. The number of hydrogen-bond donors (Lipinski definition) is 4. The Bertz CT molecular complexity index is 1350. The van der Waals surface area contributed by atoms with Crippen molar-refractivity contribution in [1.29, 1.82) is 0 Å². The van der Waals surface area contributed by atoms with Gasteiger partial charge in [0.2, 0.25) is 5.96 Å². The average Bonchev–Trinajstić information content (AvgIpc) is 3.38. The van der Waals surface area contributed by atoms with Crippen molar-refractivity contribution >= 4 is 46.5 Å². The number of aliphatic hydroxyl groups is 1. The number of rotatable bonds is 6. The minimum atomic E-state index is -1.22. The summed E-state index contributed by atoms with van der Waals surface area (Å²) in [5.74, 6) is 0.840. The molecule has 0 aliphatic carbocycles. The standard InChI is InChI=1S/C27H32ClN9O2/c1-4-29-26(32-22-8-10-24(11-9-22)36-14-12-35(3)13-15-36)31-19(2)37-18-23(17-30-37)33-27(39)34-25(38)20-6-5-7-21(28)16-20/h4-11,16-18,25,38H,1,12-15H2,2-3H3,(H,29,32)(H2,33,34,39)/b31-19+/t25-/m1/s1. The number of hydrogen-bond acceptors (Lipinski definition) is 6. The van der Waals surface area contributed by atoms with Gasteiger partial charge in [-0.1, -0.05) is 30.3 Å². The third-order valence-electron chi connectivity index (χ3n) is 6.08. The summed E-state index contributed by atoms with van der Waals surface area (Å²) in [6.45, 7) is 9.53. The zero-order valence-electron chi connectivity index (χ0n) is 21.9. The molecule has 11 nitrogen and oxygen atoms in total. The van der Waals surface area contributed by atoms with Crippen molar-refractivity contribution in [2.24, 2.45) is 9.98 Å². The second kappa shape index (κ2) is 13.1. The molecule has 2 aromatic carbocycles. The lowest BCUT2D eigenvalue weighted by Gasteiger charge is -2.34. The Morgan fingerprint density at radius 3 is 2.56 bits per heavy atom. The van der Waals surface area contributed by atoms with Crippen LogP contribution in [0.15, 0.2) is 83.7 Å².